The molecule has 0 fully saturated rings. The van der Waals surface area contributed by atoms with Crippen LogP contribution in [0.3, 0.4) is 0 Å². The Morgan fingerprint density at radius 2 is 2.13 bits per heavy atom. The molecule has 0 saturated heterocycles. The van der Waals surface area contributed by atoms with Crippen molar-refractivity contribution in [2.45, 2.75) is 20.3 Å². The fourth-order valence-corrected chi connectivity index (χ4v) is 2.46. The van der Waals surface area contributed by atoms with Crippen LogP contribution in [0.2, 0.25) is 0 Å². The van der Waals surface area contributed by atoms with E-state index < -0.39 is 5.92 Å². The van der Waals surface area contributed by atoms with Gasteiger partial charge in [-0.2, -0.15) is 0 Å². The Balaban J connectivity index is 2.80. The molecule has 1 aromatic heterocycles. The molecule has 7 heteroatoms. The SMILES string of the molecule is CCOCCCN(CC(C)C(=O)OC)C(=O)c1cncc(Br)c1. The number of ether oxygens (including phenoxy) is 2. The molecule has 0 aromatic carbocycles. The van der Waals surface area contributed by atoms with Gasteiger partial charge in [-0.05, 0) is 35.3 Å². The fraction of sp³-hybridized carbons (Fsp3) is 0.562. The van der Waals surface area contributed by atoms with Crippen molar-refractivity contribution in [3.05, 3.63) is 28.5 Å². The first-order valence-electron chi connectivity index (χ1n) is 7.55. The zero-order valence-electron chi connectivity index (χ0n) is 13.8. The number of nitrogens with zero attached hydrogens (tertiary/aromatic N) is 2. The average Bonchev–Trinajstić information content (AvgIpc) is 2.56. The molecule has 0 spiro atoms. The predicted octanol–water partition coefficient (Wildman–Crippen LogP) is 2.52. The third-order valence-corrected chi connectivity index (χ3v) is 3.69. The normalized spacial score (nSPS) is 11.8. The number of aromatic nitrogens is 1. The minimum Gasteiger partial charge on any atom is -0.469 e. The van der Waals surface area contributed by atoms with Crippen LogP contribution in [-0.4, -0.2) is 55.2 Å². The Hall–Kier alpha value is -1.47. The number of carbonyl (C=O) groups is 2. The zero-order chi connectivity index (χ0) is 17.2. The van der Waals surface area contributed by atoms with Crippen molar-refractivity contribution < 1.29 is 19.1 Å². The summed E-state index contributed by atoms with van der Waals surface area (Å²) >= 11 is 3.31. The molecule has 0 N–H and O–H groups in total. The van der Waals surface area contributed by atoms with E-state index in [1.807, 2.05) is 6.92 Å². The monoisotopic (exact) mass is 386 g/mol. The van der Waals surface area contributed by atoms with E-state index in [1.54, 1.807) is 24.1 Å². The van der Waals surface area contributed by atoms with Gasteiger partial charge in [0.15, 0.2) is 0 Å². The number of pyridine rings is 1. The first-order chi connectivity index (χ1) is 11.0. The van der Waals surface area contributed by atoms with Gasteiger partial charge in [-0.25, -0.2) is 0 Å². The Morgan fingerprint density at radius 3 is 2.74 bits per heavy atom. The van der Waals surface area contributed by atoms with Gasteiger partial charge >= 0.3 is 5.97 Å². The van der Waals surface area contributed by atoms with Crippen molar-refractivity contribution >= 4 is 27.8 Å². The van der Waals surface area contributed by atoms with E-state index in [2.05, 4.69) is 20.9 Å². The highest BCUT2D eigenvalue weighted by Gasteiger charge is 2.22. The number of esters is 1. The standard InChI is InChI=1S/C16H23BrN2O4/c1-4-23-7-5-6-19(11-12(2)16(21)22-3)15(20)13-8-14(17)10-18-9-13/h8-10,12H,4-7,11H2,1-3H3. The lowest BCUT2D eigenvalue weighted by atomic mass is 10.1. The van der Waals surface area contributed by atoms with Crippen molar-refractivity contribution in [2.75, 3.05) is 33.4 Å². The summed E-state index contributed by atoms with van der Waals surface area (Å²) in [6.07, 6.45) is 3.84. The Kier molecular flexibility index (Phi) is 8.79. The maximum atomic E-state index is 12.7. The van der Waals surface area contributed by atoms with Crippen molar-refractivity contribution in [3.63, 3.8) is 0 Å². The molecule has 6 nitrogen and oxygen atoms in total. The maximum Gasteiger partial charge on any atom is 0.310 e. The Morgan fingerprint density at radius 1 is 1.39 bits per heavy atom. The molecule has 1 atom stereocenters. The van der Waals surface area contributed by atoms with Crippen molar-refractivity contribution in [1.29, 1.82) is 0 Å². The molecular weight excluding hydrogens is 364 g/mol. The van der Waals surface area contributed by atoms with Crippen LogP contribution in [0.4, 0.5) is 0 Å². The second-order valence-corrected chi connectivity index (χ2v) is 6.03. The largest absolute Gasteiger partial charge is 0.469 e. The highest BCUT2D eigenvalue weighted by molar-refractivity contribution is 9.10. The van der Waals surface area contributed by atoms with Gasteiger partial charge in [0.05, 0.1) is 18.6 Å². The second kappa shape index (κ2) is 10.3. The number of hydrogen-bond donors (Lipinski definition) is 0. The van der Waals surface area contributed by atoms with E-state index in [9.17, 15) is 9.59 Å². The van der Waals surface area contributed by atoms with Gasteiger partial charge in [-0.1, -0.05) is 6.92 Å². The summed E-state index contributed by atoms with van der Waals surface area (Å²) in [5.41, 5.74) is 0.479. The summed E-state index contributed by atoms with van der Waals surface area (Å²) in [5.74, 6) is -0.887. The number of amides is 1. The van der Waals surface area contributed by atoms with E-state index in [4.69, 9.17) is 9.47 Å². The minimum absolute atomic E-state index is 0.161. The predicted molar refractivity (Wildman–Crippen MR) is 90.1 cm³/mol. The third-order valence-electron chi connectivity index (χ3n) is 3.26. The summed E-state index contributed by atoms with van der Waals surface area (Å²) in [7, 11) is 1.35. The lowest BCUT2D eigenvalue weighted by molar-refractivity contribution is -0.145. The second-order valence-electron chi connectivity index (χ2n) is 5.12. The number of methoxy groups -OCH3 is 1. The lowest BCUT2D eigenvalue weighted by Gasteiger charge is -2.25. The summed E-state index contributed by atoms with van der Waals surface area (Å²) in [5, 5.41) is 0. The maximum absolute atomic E-state index is 12.7. The fourth-order valence-electron chi connectivity index (χ4n) is 2.10. The quantitative estimate of drug-likeness (QED) is 0.481. The smallest absolute Gasteiger partial charge is 0.310 e. The van der Waals surface area contributed by atoms with Gasteiger partial charge in [-0.3, -0.25) is 14.6 Å². The Bertz CT molecular complexity index is 525. The molecule has 0 bridgehead atoms. The summed E-state index contributed by atoms with van der Waals surface area (Å²) < 4.78 is 10.8. The number of hydrogen-bond acceptors (Lipinski definition) is 5. The van der Waals surface area contributed by atoms with Crippen LogP contribution in [0.1, 0.15) is 30.6 Å². The van der Waals surface area contributed by atoms with Crippen LogP contribution in [0.15, 0.2) is 22.9 Å². The van der Waals surface area contributed by atoms with E-state index in [0.29, 0.717) is 38.3 Å². The zero-order valence-corrected chi connectivity index (χ0v) is 15.3. The molecule has 0 aliphatic rings. The summed E-state index contributed by atoms with van der Waals surface area (Å²) in [6.45, 7) is 5.69. The highest BCUT2D eigenvalue weighted by Crippen LogP contribution is 2.13. The number of rotatable bonds is 9. The molecule has 128 valence electrons. The van der Waals surface area contributed by atoms with Gasteiger partial charge in [0.2, 0.25) is 0 Å². The molecule has 23 heavy (non-hydrogen) atoms. The molecule has 1 heterocycles. The van der Waals surface area contributed by atoms with Crippen LogP contribution in [0.25, 0.3) is 0 Å². The molecule has 1 unspecified atom stereocenters. The molecule has 0 radical (unpaired) electrons. The van der Waals surface area contributed by atoms with Crippen molar-refractivity contribution in [2.24, 2.45) is 5.92 Å². The van der Waals surface area contributed by atoms with Crippen molar-refractivity contribution in [3.8, 4) is 0 Å². The third kappa shape index (κ3) is 6.66. The highest BCUT2D eigenvalue weighted by atomic mass is 79.9. The molecule has 0 aliphatic heterocycles. The number of halogens is 1. The van der Waals surface area contributed by atoms with Crippen LogP contribution in [0, 0.1) is 5.92 Å². The summed E-state index contributed by atoms with van der Waals surface area (Å²) in [4.78, 5) is 30.0. The first-order valence-corrected chi connectivity index (χ1v) is 8.34. The molecule has 0 saturated carbocycles. The van der Waals surface area contributed by atoms with E-state index in [1.165, 1.54) is 13.3 Å². The van der Waals surface area contributed by atoms with Gasteiger partial charge in [0, 0.05) is 43.2 Å². The molecule has 1 aromatic rings. The molecule has 1 rings (SSSR count). The van der Waals surface area contributed by atoms with E-state index >= 15 is 0 Å². The first kappa shape index (κ1) is 19.6. The van der Waals surface area contributed by atoms with Crippen LogP contribution < -0.4 is 0 Å². The molecule has 1 amide bonds. The van der Waals surface area contributed by atoms with Gasteiger partial charge in [-0.15, -0.1) is 0 Å². The van der Waals surface area contributed by atoms with Gasteiger partial charge in [0.1, 0.15) is 0 Å². The Labute approximate surface area is 145 Å². The van der Waals surface area contributed by atoms with Gasteiger partial charge in [0.25, 0.3) is 5.91 Å². The molecule has 0 aliphatic carbocycles. The minimum atomic E-state index is -0.392. The van der Waals surface area contributed by atoms with Crippen LogP contribution in [-0.2, 0) is 14.3 Å². The van der Waals surface area contributed by atoms with Gasteiger partial charge < -0.3 is 14.4 Å². The van der Waals surface area contributed by atoms with E-state index in [-0.39, 0.29) is 11.9 Å². The summed E-state index contributed by atoms with van der Waals surface area (Å²) in [6, 6.07) is 1.72. The van der Waals surface area contributed by atoms with Crippen LogP contribution >= 0.6 is 15.9 Å². The topological polar surface area (TPSA) is 68.7 Å². The van der Waals surface area contributed by atoms with E-state index in [0.717, 1.165) is 4.47 Å². The lowest BCUT2D eigenvalue weighted by Crippen LogP contribution is -2.38. The number of carbonyl (C=O) groups excluding carboxylic acids is 2. The average molecular weight is 387 g/mol. The molecular formula is C16H23BrN2O4. The van der Waals surface area contributed by atoms with Crippen molar-refractivity contribution in [1.82, 2.24) is 9.88 Å². The van der Waals surface area contributed by atoms with Crippen LogP contribution in [0.5, 0.6) is 0 Å².